The minimum atomic E-state index is -3.53. The molecule has 1 fully saturated rings. The van der Waals surface area contributed by atoms with Crippen molar-refractivity contribution in [3.05, 3.63) is 29.3 Å². The van der Waals surface area contributed by atoms with E-state index in [-0.39, 0.29) is 18.4 Å². The summed E-state index contributed by atoms with van der Waals surface area (Å²) in [5.74, 6) is -0.155. The summed E-state index contributed by atoms with van der Waals surface area (Å²) in [7, 11) is -3.53. The number of piperidine rings is 1. The zero-order chi connectivity index (χ0) is 18.6. The molecule has 1 N–H and O–H groups in total. The molecule has 0 aromatic heterocycles. The van der Waals surface area contributed by atoms with Crippen LogP contribution >= 0.6 is 0 Å². The molecule has 7 heteroatoms. The highest BCUT2D eigenvalue weighted by Gasteiger charge is 2.34. The molecule has 1 aliphatic rings. The van der Waals surface area contributed by atoms with Gasteiger partial charge in [-0.1, -0.05) is 17.7 Å². The Morgan fingerprint density at radius 1 is 1.28 bits per heavy atom. The Labute approximate surface area is 150 Å². The van der Waals surface area contributed by atoms with Crippen molar-refractivity contribution in [2.75, 3.05) is 32.8 Å². The Balaban J connectivity index is 2.07. The lowest BCUT2D eigenvalue weighted by atomic mass is 9.96. The number of aryl methyl sites for hydroxylation is 2. The minimum Gasteiger partial charge on any atom is -0.395 e. The number of carbonyl (C=O) groups is 1. The first-order valence-electron chi connectivity index (χ1n) is 8.78. The number of hydrogen-bond donors (Lipinski definition) is 1. The van der Waals surface area contributed by atoms with Crippen LogP contribution in [-0.4, -0.2) is 61.4 Å². The topological polar surface area (TPSA) is 77.9 Å². The lowest BCUT2D eigenvalue weighted by Gasteiger charge is -2.33. The maximum atomic E-state index is 12.9. The van der Waals surface area contributed by atoms with Gasteiger partial charge in [0.1, 0.15) is 0 Å². The van der Waals surface area contributed by atoms with E-state index >= 15 is 0 Å². The monoisotopic (exact) mass is 368 g/mol. The molecule has 6 nitrogen and oxygen atoms in total. The van der Waals surface area contributed by atoms with Crippen LogP contribution in [0.5, 0.6) is 0 Å². The highest BCUT2D eigenvalue weighted by atomic mass is 32.2. The summed E-state index contributed by atoms with van der Waals surface area (Å²) in [6, 6.07) is 5.35. The Kier molecular flexibility index (Phi) is 6.59. The molecular weight excluding hydrogens is 340 g/mol. The van der Waals surface area contributed by atoms with Crippen molar-refractivity contribution in [3.63, 3.8) is 0 Å². The molecule has 0 unspecified atom stereocenters. The van der Waals surface area contributed by atoms with E-state index in [0.717, 1.165) is 11.1 Å². The molecule has 140 valence electrons. The molecule has 1 heterocycles. The predicted molar refractivity (Wildman–Crippen MR) is 96.7 cm³/mol. The maximum absolute atomic E-state index is 12.9. The van der Waals surface area contributed by atoms with Crippen molar-refractivity contribution in [1.29, 1.82) is 0 Å². The Bertz CT molecular complexity index is 710. The van der Waals surface area contributed by atoms with Crippen LogP contribution in [0.3, 0.4) is 0 Å². The van der Waals surface area contributed by atoms with Gasteiger partial charge in [0.2, 0.25) is 15.9 Å². The second-order valence-corrected chi connectivity index (χ2v) is 8.50. The average molecular weight is 368 g/mol. The molecule has 25 heavy (non-hydrogen) atoms. The molecule has 0 atom stereocenters. The lowest BCUT2D eigenvalue weighted by Crippen LogP contribution is -2.45. The average Bonchev–Trinajstić information content (AvgIpc) is 2.59. The van der Waals surface area contributed by atoms with Gasteiger partial charge in [0.05, 0.1) is 11.5 Å². The van der Waals surface area contributed by atoms with Crippen LogP contribution in [0.1, 0.15) is 30.9 Å². The first kappa shape index (κ1) is 19.9. The van der Waals surface area contributed by atoms with Gasteiger partial charge in [-0.3, -0.25) is 4.79 Å². The van der Waals surface area contributed by atoms with Gasteiger partial charge < -0.3 is 10.0 Å². The van der Waals surface area contributed by atoms with Crippen LogP contribution in [0.25, 0.3) is 0 Å². The van der Waals surface area contributed by atoms with E-state index in [4.69, 9.17) is 5.11 Å². The van der Waals surface area contributed by atoms with Crippen LogP contribution < -0.4 is 0 Å². The summed E-state index contributed by atoms with van der Waals surface area (Å²) in [4.78, 5) is 14.5. The van der Waals surface area contributed by atoms with Crippen LogP contribution in [-0.2, 0) is 14.8 Å². The third-order valence-corrected chi connectivity index (χ3v) is 6.87. The maximum Gasteiger partial charge on any atom is 0.243 e. The van der Waals surface area contributed by atoms with Crippen LogP contribution in [0.2, 0.25) is 0 Å². The SMILES string of the molecule is CCN(CCO)C(=O)C1CCN(S(=O)(=O)c2ccc(C)cc2C)CC1. The van der Waals surface area contributed by atoms with E-state index in [0.29, 0.717) is 43.9 Å². The molecule has 1 amide bonds. The van der Waals surface area contributed by atoms with Gasteiger partial charge in [0.15, 0.2) is 0 Å². The van der Waals surface area contributed by atoms with Crippen molar-refractivity contribution >= 4 is 15.9 Å². The molecule has 0 spiro atoms. The third kappa shape index (κ3) is 4.40. The first-order chi connectivity index (χ1) is 11.8. The fourth-order valence-corrected chi connectivity index (χ4v) is 5.05. The molecule has 0 aliphatic carbocycles. The van der Waals surface area contributed by atoms with E-state index in [1.165, 1.54) is 4.31 Å². The second-order valence-electron chi connectivity index (χ2n) is 6.59. The summed E-state index contributed by atoms with van der Waals surface area (Å²) in [6.07, 6.45) is 1.04. The number of aliphatic hydroxyl groups excluding tert-OH is 1. The van der Waals surface area contributed by atoms with Gasteiger partial charge >= 0.3 is 0 Å². The minimum absolute atomic E-state index is 0.0140. The van der Waals surface area contributed by atoms with Crippen LogP contribution in [0.4, 0.5) is 0 Å². The van der Waals surface area contributed by atoms with Crippen molar-refractivity contribution in [2.45, 2.75) is 38.5 Å². The number of rotatable bonds is 6. The van der Waals surface area contributed by atoms with Gasteiger partial charge in [0.25, 0.3) is 0 Å². The van der Waals surface area contributed by atoms with E-state index in [2.05, 4.69) is 0 Å². The predicted octanol–water partition coefficient (Wildman–Crippen LogP) is 1.54. The third-order valence-electron chi connectivity index (χ3n) is 4.81. The first-order valence-corrected chi connectivity index (χ1v) is 10.2. The molecule has 2 rings (SSSR count). The smallest absolute Gasteiger partial charge is 0.243 e. The fraction of sp³-hybridized carbons (Fsp3) is 0.611. The summed E-state index contributed by atoms with van der Waals surface area (Å²) < 4.78 is 27.3. The molecule has 0 bridgehead atoms. The molecule has 1 aromatic rings. The number of nitrogens with zero attached hydrogens (tertiary/aromatic N) is 2. The van der Waals surface area contributed by atoms with Gasteiger partial charge in [-0.25, -0.2) is 8.42 Å². The van der Waals surface area contributed by atoms with Gasteiger partial charge in [0, 0.05) is 32.1 Å². The quantitative estimate of drug-likeness (QED) is 0.826. The van der Waals surface area contributed by atoms with E-state index < -0.39 is 10.0 Å². The van der Waals surface area contributed by atoms with Crippen molar-refractivity contribution in [3.8, 4) is 0 Å². The van der Waals surface area contributed by atoms with Crippen molar-refractivity contribution in [2.24, 2.45) is 5.92 Å². The Morgan fingerprint density at radius 3 is 2.44 bits per heavy atom. The van der Waals surface area contributed by atoms with Crippen molar-refractivity contribution in [1.82, 2.24) is 9.21 Å². The van der Waals surface area contributed by atoms with Crippen LogP contribution in [0.15, 0.2) is 23.1 Å². The number of carbonyl (C=O) groups excluding carboxylic acids is 1. The molecule has 1 saturated heterocycles. The molecule has 1 aromatic carbocycles. The van der Waals surface area contributed by atoms with E-state index in [1.54, 1.807) is 11.0 Å². The Morgan fingerprint density at radius 2 is 1.92 bits per heavy atom. The van der Waals surface area contributed by atoms with Gasteiger partial charge in [-0.15, -0.1) is 0 Å². The fourth-order valence-electron chi connectivity index (χ4n) is 3.37. The van der Waals surface area contributed by atoms with Crippen molar-refractivity contribution < 1.29 is 18.3 Å². The molecule has 1 aliphatic heterocycles. The molecule has 0 saturated carbocycles. The second kappa shape index (κ2) is 8.29. The van der Waals surface area contributed by atoms with Gasteiger partial charge in [-0.05, 0) is 45.2 Å². The zero-order valence-electron chi connectivity index (χ0n) is 15.2. The Hall–Kier alpha value is -1.44. The largest absolute Gasteiger partial charge is 0.395 e. The number of aliphatic hydroxyl groups is 1. The summed E-state index contributed by atoms with van der Waals surface area (Å²) in [5, 5.41) is 9.05. The molecular formula is C18H28N2O4S. The summed E-state index contributed by atoms with van der Waals surface area (Å²) in [6.45, 7) is 7.16. The molecule has 0 radical (unpaired) electrons. The van der Waals surface area contributed by atoms with E-state index in [1.807, 2.05) is 32.9 Å². The lowest BCUT2D eigenvalue weighted by molar-refractivity contribution is -0.137. The zero-order valence-corrected chi connectivity index (χ0v) is 16.1. The standard InChI is InChI=1S/C18H28N2O4S/c1-4-19(11-12-21)18(22)16-7-9-20(10-8-16)25(23,24)17-6-5-14(2)13-15(17)3/h5-6,13,16,21H,4,7-12H2,1-3H3. The van der Waals surface area contributed by atoms with Gasteiger partial charge in [-0.2, -0.15) is 4.31 Å². The summed E-state index contributed by atoms with van der Waals surface area (Å²) >= 11 is 0. The number of amides is 1. The van der Waals surface area contributed by atoms with Crippen LogP contribution in [0, 0.1) is 19.8 Å². The van der Waals surface area contributed by atoms with E-state index in [9.17, 15) is 13.2 Å². The number of sulfonamides is 1. The number of benzene rings is 1. The number of hydrogen-bond acceptors (Lipinski definition) is 4. The normalized spacial score (nSPS) is 16.8. The highest BCUT2D eigenvalue weighted by molar-refractivity contribution is 7.89. The summed E-state index contributed by atoms with van der Waals surface area (Å²) in [5.41, 5.74) is 1.78. The highest BCUT2D eigenvalue weighted by Crippen LogP contribution is 2.27. The number of likely N-dealkylation sites (N-methyl/N-ethyl adjacent to an activating group) is 1.